The minimum atomic E-state index is -0.343. The van der Waals surface area contributed by atoms with Crippen LogP contribution in [0.4, 0.5) is 0 Å². The lowest BCUT2D eigenvalue weighted by atomic mass is 9.86. The largest absolute Gasteiger partial charge is 0.462 e. The van der Waals surface area contributed by atoms with Crippen molar-refractivity contribution in [1.29, 1.82) is 0 Å². The molecule has 2 saturated carbocycles. The van der Waals surface area contributed by atoms with E-state index in [-0.39, 0.29) is 17.8 Å². The molecule has 40 heavy (non-hydrogen) atoms. The van der Waals surface area contributed by atoms with Crippen molar-refractivity contribution in [2.75, 3.05) is 19.7 Å². The monoisotopic (exact) mass is 544 g/mol. The van der Waals surface area contributed by atoms with Gasteiger partial charge in [-0.1, -0.05) is 36.6 Å². The highest BCUT2D eigenvalue weighted by atomic mass is 16.5. The number of benzene rings is 1. The summed E-state index contributed by atoms with van der Waals surface area (Å²) in [5, 5.41) is 13.1. The number of carbonyl (C=O) groups excluding carboxylic acids is 2. The van der Waals surface area contributed by atoms with Gasteiger partial charge in [0.1, 0.15) is 5.56 Å². The molecule has 0 radical (unpaired) electrons. The molecule has 3 aliphatic rings. The molecule has 2 aliphatic carbocycles. The number of aromatic nitrogens is 5. The maximum atomic E-state index is 13.2. The third kappa shape index (κ3) is 5.56. The molecule has 9 heteroatoms. The van der Waals surface area contributed by atoms with E-state index in [2.05, 4.69) is 38.5 Å². The lowest BCUT2D eigenvalue weighted by molar-refractivity contribution is -0.133. The third-order valence-corrected chi connectivity index (χ3v) is 8.99. The molecule has 2 aromatic heterocycles. The first-order valence-corrected chi connectivity index (χ1v) is 15.0. The van der Waals surface area contributed by atoms with Crippen molar-refractivity contribution in [3.05, 3.63) is 59.2 Å². The Morgan fingerprint density at radius 3 is 2.70 bits per heavy atom. The highest BCUT2D eigenvalue weighted by Crippen LogP contribution is 2.55. The quantitative estimate of drug-likeness (QED) is 0.365. The molecule has 3 heterocycles. The van der Waals surface area contributed by atoms with Gasteiger partial charge in [-0.2, -0.15) is 5.10 Å². The van der Waals surface area contributed by atoms with Gasteiger partial charge in [-0.3, -0.25) is 9.48 Å². The molecule has 3 aromatic rings. The van der Waals surface area contributed by atoms with E-state index < -0.39 is 0 Å². The first-order chi connectivity index (χ1) is 19.5. The molecule has 212 valence electrons. The summed E-state index contributed by atoms with van der Waals surface area (Å²) in [6.45, 7) is 3.76. The number of hydrogen-bond donors (Lipinski definition) is 0. The standard InChI is InChI=1S/C31H40N6O3/c1-3-40-31(39)27-18-32-37(30(27)26-17-25(26)28-20-35(2)34-33-28)24-13-7-11-22(16-24)23-12-8-14-36(19-23)29(38)15-21-9-5-4-6-10-21/h7,11,13,16,18,20-21,23,25-26H,3-6,8-10,12,14-15,17,19H2,1-2H3/t23?,25-,26-/m1/s1. The van der Waals surface area contributed by atoms with Gasteiger partial charge in [0.05, 0.1) is 29.9 Å². The Kier molecular flexibility index (Phi) is 7.71. The highest BCUT2D eigenvalue weighted by molar-refractivity contribution is 5.91. The average Bonchev–Trinajstić information content (AvgIpc) is 3.43. The van der Waals surface area contributed by atoms with E-state index in [1.807, 2.05) is 30.9 Å². The van der Waals surface area contributed by atoms with E-state index in [1.54, 1.807) is 10.9 Å². The predicted molar refractivity (Wildman–Crippen MR) is 150 cm³/mol. The van der Waals surface area contributed by atoms with Crippen LogP contribution in [-0.4, -0.2) is 61.2 Å². The molecule has 3 fully saturated rings. The second kappa shape index (κ2) is 11.6. The van der Waals surface area contributed by atoms with E-state index in [0.29, 0.717) is 36.3 Å². The Morgan fingerprint density at radius 2 is 1.93 bits per heavy atom. The number of piperidine rings is 1. The number of carbonyl (C=O) groups is 2. The molecule has 1 unspecified atom stereocenters. The van der Waals surface area contributed by atoms with Crippen LogP contribution < -0.4 is 0 Å². The Labute approximate surface area is 235 Å². The van der Waals surface area contributed by atoms with Crippen molar-refractivity contribution < 1.29 is 14.3 Å². The van der Waals surface area contributed by atoms with Crippen molar-refractivity contribution in [2.45, 2.75) is 82.5 Å². The summed E-state index contributed by atoms with van der Waals surface area (Å²) >= 11 is 0. The van der Waals surface area contributed by atoms with Gasteiger partial charge in [-0.05, 0) is 62.6 Å². The van der Waals surface area contributed by atoms with Crippen molar-refractivity contribution in [3.8, 4) is 5.69 Å². The van der Waals surface area contributed by atoms with E-state index in [1.165, 1.54) is 37.7 Å². The number of nitrogens with zero attached hydrogens (tertiary/aromatic N) is 6. The maximum Gasteiger partial charge on any atom is 0.341 e. The topological polar surface area (TPSA) is 95.1 Å². The molecule has 1 aromatic carbocycles. The summed E-state index contributed by atoms with van der Waals surface area (Å²) in [7, 11) is 1.86. The Morgan fingerprint density at radius 1 is 1.07 bits per heavy atom. The molecule has 9 nitrogen and oxygen atoms in total. The number of aryl methyl sites for hydroxylation is 1. The van der Waals surface area contributed by atoms with E-state index in [9.17, 15) is 9.59 Å². The summed E-state index contributed by atoms with van der Waals surface area (Å²) in [5.41, 5.74) is 4.47. The summed E-state index contributed by atoms with van der Waals surface area (Å²) in [6, 6.07) is 8.46. The molecular formula is C31H40N6O3. The molecule has 1 aliphatic heterocycles. The second-order valence-corrected chi connectivity index (χ2v) is 11.8. The number of rotatable bonds is 8. The van der Waals surface area contributed by atoms with Crippen LogP contribution in [0.1, 0.15) is 110 Å². The lowest BCUT2D eigenvalue weighted by Gasteiger charge is -2.34. The SMILES string of the molecule is CCOC(=O)c1cnn(-c2cccc(C3CCCN(C(=O)CC4CCCCC4)C3)c2)c1[C@@H]1C[C@H]1c1cn(C)nn1. The zero-order valence-electron chi connectivity index (χ0n) is 23.7. The van der Waals surface area contributed by atoms with Crippen LogP contribution in [0.25, 0.3) is 5.69 Å². The Hall–Kier alpha value is -3.49. The molecule has 6 rings (SSSR count). The number of esters is 1. The van der Waals surface area contributed by atoms with E-state index in [4.69, 9.17) is 4.74 Å². The molecular weight excluding hydrogens is 504 g/mol. The van der Waals surface area contributed by atoms with Crippen LogP contribution in [0.5, 0.6) is 0 Å². The second-order valence-electron chi connectivity index (χ2n) is 11.8. The van der Waals surface area contributed by atoms with Gasteiger partial charge >= 0.3 is 5.97 Å². The molecule has 0 spiro atoms. The van der Waals surface area contributed by atoms with Gasteiger partial charge in [0.2, 0.25) is 5.91 Å². The van der Waals surface area contributed by atoms with Gasteiger partial charge < -0.3 is 9.64 Å². The van der Waals surface area contributed by atoms with Crippen LogP contribution in [-0.2, 0) is 16.6 Å². The van der Waals surface area contributed by atoms with Gasteiger partial charge in [0, 0.05) is 50.5 Å². The number of likely N-dealkylation sites (tertiary alicyclic amines) is 1. The molecule has 0 bridgehead atoms. The lowest BCUT2D eigenvalue weighted by Crippen LogP contribution is -2.40. The molecule has 3 atom stereocenters. The van der Waals surface area contributed by atoms with Crippen LogP contribution in [0.3, 0.4) is 0 Å². The van der Waals surface area contributed by atoms with Crippen molar-refractivity contribution in [2.24, 2.45) is 13.0 Å². The number of ether oxygens (including phenoxy) is 1. The predicted octanol–water partition coefficient (Wildman–Crippen LogP) is 5.13. The van der Waals surface area contributed by atoms with E-state index >= 15 is 0 Å². The van der Waals surface area contributed by atoms with Crippen LogP contribution in [0, 0.1) is 5.92 Å². The normalized spacial score (nSPS) is 23.2. The van der Waals surface area contributed by atoms with E-state index in [0.717, 1.165) is 49.4 Å². The Balaban J connectivity index is 1.23. The molecule has 1 amide bonds. The summed E-state index contributed by atoms with van der Waals surface area (Å²) < 4.78 is 9.01. The van der Waals surface area contributed by atoms with Crippen LogP contribution in [0.15, 0.2) is 36.7 Å². The van der Waals surface area contributed by atoms with Crippen LogP contribution in [0.2, 0.25) is 0 Å². The average molecular weight is 545 g/mol. The van der Waals surface area contributed by atoms with Gasteiger partial charge in [0.15, 0.2) is 0 Å². The first-order valence-electron chi connectivity index (χ1n) is 15.0. The maximum absolute atomic E-state index is 13.2. The fourth-order valence-corrected chi connectivity index (χ4v) is 6.80. The summed E-state index contributed by atoms with van der Waals surface area (Å²) in [4.78, 5) is 28.2. The zero-order valence-corrected chi connectivity index (χ0v) is 23.7. The minimum absolute atomic E-state index is 0.116. The van der Waals surface area contributed by atoms with Gasteiger partial charge in [0.25, 0.3) is 0 Å². The molecule has 0 N–H and O–H groups in total. The fourth-order valence-electron chi connectivity index (χ4n) is 6.80. The highest BCUT2D eigenvalue weighted by Gasteiger charge is 2.46. The van der Waals surface area contributed by atoms with Crippen molar-refractivity contribution in [1.82, 2.24) is 29.7 Å². The zero-order chi connectivity index (χ0) is 27.6. The summed E-state index contributed by atoms with van der Waals surface area (Å²) in [5.74, 6) is 1.15. The van der Waals surface area contributed by atoms with Gasteiger partial charge in [-0.15, -0.1) is 5.10 Å². The first kappa shape index (κ1) is 26.7. The van der Waals surface area contributed by atoms with Crippen molar-refractivity contribution in [3.63, 3.8) is 0 Å². The smallest absolute Gasteiger partial charge is 0.341 e. The number of hydrogen-bond acceptors (Lipinski definition) is 6. The number of amides is 1. The Bertz CT molecular complexity index is 1360. The van der Waals surface area contributed by atoms with Crippen LogP contribution >= 0.6 is 0 Å². The van der Waals surface area contributed by atoms with Gasteiger partial charge in [-0.25, -0.2) is 9.48 Å². The fraction of sp³-hybridized carbons (Fsp3) is 0.581. The van der Waals surface area contributed by atoms with Crippen molar-refractivity contribution >= 4 is 11.9 Å². The third-order valence-electron chi connectivity index (χ3n) is 8.99. The molecule has 1 saturated heterocycles. The minimum Gasteiger partial charge on any atom is -0.462 e. The summed E-state index contributed by atoms with van der Waals surface area (Å²) in [6.07, 6.45) is 13.5.